The largest absolute Gasteiger partial charge is 0.376 e. The van der Waals surface area contributed by atoms with Crippen LogP contribution in [0.4, 0.5) is 5.69 Å². The van der Waals surface area contributed by atoms with Crippen LogP contribution in [0.3, 0.4) is 0 Å². The summed E-state index contributed by atoms with van der Waals surface area (Å²) in [5, 5.41) is 3.46. The maximum absolute atomic E-state index is 12.5. The van der Waals surface area contributed by atoms with Gasteiger partial charge in [0.05, 0.1) is 11.9 Å². The van der Waals surface area contributed by atoms with Crippen molar-refractivity contribution in [3.63, 3.8) is 0 Å². The average Bonchev–Trinajstić information content (AvgIpc) is 3.20. The Bertz CT molecular complexity index is 902. The summed E-state index contributed by atoms with van der Waals surface area (Å²) in [5.74, 6) is 0.0514. The molecule has 0 saturated carbocycles. The highest BCUT2D eigenvalue weighted by Crippen LogP contribution is 2.34. The van der Waals surface area contributed by atoms with Crippen molar-refractivity contribution in [1.29, 1.82) is 0 Å². The molecule has 3 heterocycles. The highest BCUT2D eigenvalue weighted by atomic mass is 35.5. The summed E-state index contributed by atoms with van der Waals surface area (Å²) >= 11 is 6.07. The maximum atomic E-state index is 12.5. The number of rotatable bonds is 4. The molecule has 0 unspecified atom stereocenters. The molecule has 1 N–H and O–H groups in total. The van der Waals surface area contributed by atoms with E-state index in [1.165, 1.54) is 12.1 Å². The number of benzene rings is 1. The molecule has 0 radical (unpaired) electrons. The van der Waals surface area contributed by atoms with Gasteiger partial charge in [0.15, 0.2) is 10.9 Å². The van der Waals surface area contributed by atoms with Gasteiger partial charge in [-0.25, -0.2) is 4.98 Å². The zero-order chi connectivity index (χ0) is 17.6. The summed E-state index contributed by atoms with van der Waals surface area (Å²) in [4.78, 5) is 6.42. The Labute approximate surface area is 151 Å². The monoisotopic (exact) mass is 379 g/mol. The highest BCUT2D eigenvalue weighted by molar-refractivity contribution is 7.87. The van der Waals surface area contributed by atoms with E-state index in [4.69, 9.17) is 15.8 Å². The van der Waals surface area contributed by atoms with E-state index in [0.717, 1.165) is 30.8 Å². The number of anilines is 1. The number of halogens is 1. The van der Waals surface area contributed by atoms with Gasteiger partial charge in [-0.1, -0.05) is 29.3 Å². The van der Waals surface area contributed by atoms with Crippen LogP contribution in [0.5, 0.6) is 5.75 Å². The van der Waals surface area contributed by atoms with Gasteiger partial charge in [0, 0.05) is 31.2 Å². The van der Waals surface area contributed by atoms with Crippen molar-refractivity contribution in [3.05, 3.63) is 47.2 Å². The Balaban J connectivity index is 1.62. The van der Waals surface area contributed by atoms with Gasteiger partial charge < -0.3 is 14.4 Å². The lowest BCUT2D eigenvalue weighted by Gasteiger charge is -2.29. The molecule has 2 fully saturated rings. The molecular weight excluding hydrogens is 362 g/mol. The van der Waals surface area contributed by atoms with Crippen molar-refractivity contribution in [2.75, 3.05) is 18.0 Å². The molecule has 2 aromatic rings. The first-order valence-electron chi connectivity index (χ1n) is 8.09. The van der Waals surface area contributed by atoms with Crippen LogP contribution < -0.4 is 14.4 Å². The van der Waals surface area contributed by atoms with Crippen LogP contribution in [0, 0.1) is 6.92 Å². The van der Waals surface area contributed by atoms with Crippen molar-refractivity contribution in [2.45, 2.75) is 30.3 Å². The summed E-state index contributed by atoms with van der Waals surface area (Å²) in [6.45, 7) is 3.68. The van der Waals surface area contributed by atoms with E-state index in [9.17, 15) is 8.42 Å². The number of piperazine rings is 1. The van der Waals surface area contributed by atoms with E-state index in [0.29, 0.717) is 12.1 Å². The van der Waals surface area contributed by atoms with Gasteiger partial charge in [-0.15, -0.1) is 0 Å². The molecule has 2 saturated heterocycles. The van der Waals surface area contributed by atoms with Crippen molar-refractivity contribution >= 4 is 27.4 Å². The van der Waals surface area contributed by atoms with Gasteiger partial charge in [-0.05, 0) is 25.5 Å². The summed E-state index contributed by atoms with van der Waals surface area (Å²) in [6.07, 6.45) is 2.74. The first-order valence-corrected chi connectivity index (χ1v) is 9.88. The van der Waals surface area contributed by atoms with Gasteiger partial charge in [0.2, 0.25) is 0 Å². The number of fused-ring (bicyclic) bond motifs is 2. The Hall–Kier alpha value is -1.83. The number of hydrogen-bond acceptors (Lipinski definition) is 6. The van der Waals surface area contributed by atoms with Crippen LogP contribution in [0.15, 0.2) is 41.4 Å². The molecule has 4 rings (SSSR count). The van der Waals surface area contributed by atoms with Crippen molar-refractivity contribution in [3.8, 4) is 5.75 Å². The van der Waals surface area contributed by atoms with E-state index in [-0.39, 0.29) is 15.8 Å². The quantitative estimate of drug-likeness (QED) is 0.649. The zero-order valence-electron chi connectivity index (χ0n) is 13.6. The van der Waals surface area contributed by atoms with Crippen LogP contribution >= 0.6 is 11.6 Å². The lowest BCUT2D eigenvalue weighted by Crippen LogP contribution is -2.43. The highest BCUT2D eigenvalue weighted by Gasteiger charge is 2.38. The Morgan fingerprint density at radius 3 is 2.72 bits per heavy atom. The van der Waals surface area contributed by atoms with Crippen molar-refractivity contribution in [1.82, 2.24) is 10.3 Å². The Morgan fingerprint density at radius 2 is 2.08 bits per heavy atom. The predicted molar refractivity (Wildman–Crippen MR) is 95.8 cm³/mol. The third-order valence-electron chi connectivity index (χ3n) is 4.69. The zero-order valence-corrected chi connectivity index (χ0v) is 15.2. The number of nitrogens with one attached hydrogen (secondary N) is 1. The Morgan fingerprint density at radius 1 is 1.32 bits per heavy atom. The number of hydrogen-bond donors (Lipinski definition) is 1. The molecule has 1 aromatic carbocycles. The minimum Gasteiger partial charge on any atom is -0.376 e. The van der Waals surface area contributed by atoms with E-state index in [1.54, 1.807) is 24.4 Å². The average molecular weight is 380 g/mol. The lowest BCUT2D eigenvalue weighted by molar-refractivity contribution is 0.484. The molecule has 0 amide bonds. The SMILES string of the molecule is Cc1ccc(S(=O)(=O)Oc2cc(N3C[C@@H]4C[C@H]3CN4)cnc2Cl)cc1. The van der Waals surface area contributed by atoms with Crippen LogP contribution in [-0.2, 0) is 10.1 Å². The molecule has 2 atom stereocenters. The molecule has 0 spiro atoms. The van der Waals surface area contributed by atoms with Crippen molar-refractivity contribution in [2.24, 2.45) is 0 Å². The maximum Gasteiger partial charge on any atom is 0.339 e. The topological polar surface area (TPSA) is 71.5 Å². The summed E-state index contributed by atoms with van der Waals surface area (Å²) < 4.78 is 30.3. The van der Waals surface area contributed by atoms with E-state index in [1.807, 2.05) is 6.92 Å². The Kier molecular flexibility index (Phi) is 4.10. The van der Waals surface area contributed by atoms with Gasteiger partial charge in [-0.2, -0.15) is 8.42 Å². The van der Waals surface area contributed by atoms with Crippen LogP contribution in [-0.4, -0.2) is 38.6 Å². The fourth-order valence-electron chi connectivity index (χ4n) is 3.38. The predicted octanol–water partition coefficient (Wildman–Crippen LogP) is 2.36. The number of nitrogens with zero attached hydrogens (tertiary/aromatic N) is 2. The van der Waals surface area contributed by atoms with Gasteiger partial charge in [-0.3, -0.25) is 0 Å². The molecule has 2 aliphatic heterocycles. The van der Waals surface area contributed by atoms with Gasteiger partial charge in [0.1, 0.15) is 4.90 Å². The second-order valence-electron chi connectivity index (χ2n) is 6.48. The van der Waals surface area contributed by atoms with Crippen molar-refractivity contribution < 1.29 is 12.6 Å². The smallest absolute Gasteiger partial charge is 0.339 e. The van der Waals surface area contributed by atoms with Crippen LogP contribution in [0.1, 0.15) is 12.0 Å². The normalized spacial score (nSPS) is 22.4. The fourth-order valence-corrected chi connectivity index (χ4v) is 4.50. The third-order valence-corrected chi connectivity index (χ3v) is 6.22. The number of pyridine rings is 1. The standard InChI is InChI=1S/C17H18ClN3O3S/c1-11-2-4-15(5-3-11)25(22,23)24-16-7-14(9-20-17(16)18)21-10-12-6-13(21)8-19-12/h2-5,7,9,12-13,19H,6,8,10H2,1H3/t12-,13-/m0/s1. The molecule has 25 heavy (non-hydrogen) atoms. The third kappa shape index (κ3) is 3.19. The van der Waals surface area contributed by atoms with E-state index >= 15 is 0 Å². The molecule has 2 bridgehead atoms. The number of aromatic nitrogens is 1. The van der Waals surface area contributed by atoms with Gasteiger partial charge in [0.25, 0.3) is 0 Å². The van der Waals surface area contributed by atoms with Crippen LogP contribution in [0.25, 0.3) is 0 Å². The minimum absolute atomic E-state index is 0.0296. The van der Waals surface area contributed by atoms with E-state index < -0.39 is 10.1 Å². The molecule has 0 aliphatic carbocycles. The van der Waals surface area contributed by atoms with Gasteiger partial charge >= 0.3 is 10.1 Å². The second-order valence-corrected chi connectivity index (χ2v) is 8.38. The first kappa shape index (κ1) is 16.6. The minimum atomic E-state index is -3.96. The molecule has 6 nitrogen and oxygen atoms in total. The number of aryl methyl sites for hydroxylation is 1. The molecule has 2 aliphatic rings. The lowest BCUT2D eigenvalue weighted by atomic mass is 10.2. The summed E-state index contributed by atoms with van der Waals surface area (Å²) in [5.41, 5.74) is 1.80. The first-order chi connectivity index (χ1) is 11.9. The second kappa shape index (κ2) is 6.16. The molecular formula is C17H18ClN3O3S. The summed E-state index contributed by atoms with van der Waals surface area (Å²) in [6, 6.07) is 9.00. The molecule has 132 valence electrons. The summed E-state index contributed by atoms with van der Waals surface area (Å²) in [7, 11) is -3.96. The van der Waals surface area contributed by atoms with E-state index in [2.05, 4.69) is 15.2 Å². The van der Waals surface area contributed by atoms with Crippen LogP contribution in [0.2, 0.25) is 5.15 Å². The fraction of sp³-hybridized carbons (Fsp3) is 0.353. The molecule has 1 aromatic heterocycles. The molecule has 8 heteroatoms.